The Morgan fingerprint density at radius 2 is 0.963 bits per heavy atom. The van der Waals surface area contributed by atoms with Crippen LogP contribution in [0.4, 0.5) is 0 Å². The maximum Gasteiger partial charge on any atom is 0.135 e. The van der Waals surface area contributed by atoms with Crippen LogP contribution in [0.3, 0.4) is 0 Å². The number of fused-ring (bicyclic) bond motifs is 11. The van der Waals surface area contributed by atoms with Crippen molar-refractivity contribution in [3.05, 3.63) is 95.1 Å². The van der Waals surface area contributed by atoms with Crippen molar-refractivity contribution in [2.45, 2.75) is 12.8 Å². The maximum atomic E-state index is 6.30. The summed E-state index contributed by atoms with van der Waals surface area (Å²) in [5.74, 6) is 0. The second-order valence-electron chi connectivity index (χ2n) is 7.70. The molecule has 0 saturated heterocycles. The Bertz CT molecular complexity index is 1310. The number of benzene rings is 4. The van der Waals surface area contributed by atoms with Crippen molar-refractivity contribution in [3.63, 3.8) is 0 Å². The van der Waals surface area contributed by atoms with Crippen LogP contribution in [0.15, 0.2) is 77.2 Å². The molecule has 0 spiro atoms. The lowest BCUT2D eigenvalue weighted by Gasteiger charge is -2.05. The van der Waals surface area contributed by atoms with Crippen molar-refractivity contribution >= 4 is 21.9 Å². The molecule has 27 heavy (non-hydrogen) atoms. The highest BCUT2D eigenvalue weighted by Gasteiger charge is 2.27. The molecule has 0 amide bonds. The third kappa shape index (κ3) is 1.65. The van der Waals surface area contributed by atoms with Crippen molar-refractivity contribution in [2.24, 2.45) is 0 Å². The minimum Gasteiger partial charge on any atom is -0.456 e. The molecule has 7 rings (SSSR count). The van der Waals surface area contributed by atoms with Crippen LogP contribution in [0.5, 0.6) is 0 Å². The first-order chi connectivity index (χ1) is 13.4. The van der Waals surface area contributed by atoms with Crippen LogP contribution in [0.1, 0.15) is 22.3 Å². The lowest BCUT2D eigenvalue weighted by Crippen LogP contribution is -1.86. The molecule has 1 heterocycles. The van der Waals surface area contributed by atoms with E-state index >= 15 is 0 Å². The molecule has 1 heteroatoms. The molecule has 1 nitrogen and oxygen atoms in total. The van der Waals surface area contributed by atoms with E-state index in [4.69, 9.17) is 4.42 Å². The van der Waals surface area contributed by atoms with Gasteiger partial charge >= 0.3 is 0 Å². The Morgan fingerprint density at radius 3 is 1.48 bits per heavy atom. The third-order valence-electron chi connectivity index (χ3n) is 6.37. The van der Waals surface area contributed by atoms with Gasteiger partial charge in [-0.25, -0.2) is 0 Å². The lowest BCUT2D eigenvalue weighted by molar-refractivity contribution is 0.668. The SMILES string of the molecule is c1ccc2c(c1)Cc1c-2ccc2oc3ccc4c(c3c12)Cc1ccccc1-4. The van der Waals surface area contributed by atoms with E-state index in [0.717, 1.165) is 24.0 Å². The van der Waals surface area contributed by atoms with Crippen LogP contribution in [0.2, 0.25) is 0 Å². The van der Waals surface area contributed by atoms with Crippen LogP contribution in [-0.2, 0) is 12.8 Å². The monoisotopic (exact) mass is 344 g/mol. The highest BCUT2D eigenvalue weighted by Crippen LogP contribution is 2.48. The first-order valence-electron chi connectivity index (χ1n) is 9.55. The van der Waals surface area contributed by atoms with Crippen molar-refractivity contribution < 1.29 is 4.42 Å². The largest absolute Gasteiger partial charge is 0.456 e. The molecule has 0 radical (unpaired) electrons. The summed E-state index contributed by atoms with van der Waals surface area (Å²) in [7, 11) is 0. The van der Waals surface area contributed by atoms with Gasteiger partial charge in [-0.15, -0.1) is 0 Å². The van der Waals surface area contributed by atoms with Gasteiger partial charge in [0.25, 0.3) is 0 Å². The summed E-state index contributed by atoms with van der Waals surface area (Å²) < 4.78 is 6.30. The van der Waals surface area contributed by atoms with Gasteiger partial charge in [0, 0.05) is 10.8 Å². The van der Waals surface area contributed by atoms with Gasteiger partial charge in [-0.3, -0.25) is 0 Å². The van der Waals surface area contributed by atoms with Crippen molar-refractivity contribution in [1.82, 2.24) is 0 Å². The summed E-state index contributed by atoms with van der Waals surface area (Å²) in [5, 5.41) is 2.65. The quantitative estimate of drug-likeness (QED) is 0.297. The standard InChI is InChI=1S/C26H16O/c1-3-7-17-15(5-1)13-21-19(17)9-11-23-25(21)26-22-14-16-6-2-4-8-18(16)20(22)10-12-24(26)27-23/h1-12H,13-14H2. The molecule has 126 valence electrons. The summed E-state index contributed by atoms with van der Waals surface area (Å²) in [5.41, 5.74) is 13.2. The van der Waals surface area contributed by atoms with Crippen LogP contribution in [0, 0.1) is 0 Å². The summed E-state index contributed by atoms with van der Waals surface area (Å²) in [6.07, 6.45) is 1.99. The normalized spacial score (nSPS) is 13.6. The van der Waals surface area contributed by atoms with Gasteiger partial charge in [0.05, 0.1) is 0 Å². The van der Waals surface area contributed by atoms with E-state index in [1.165, 1.54) is 55.3 Å². The fraction of sp³-hybridized carbons (Fsp3) is 0.0769. The van der Waals surface area contributed by atoms with E-state index < -0.39 is 0 Å². The fourth-order valence-electron chi connectivity index (χ4n) is 5.22. The first-order valence-corrected chi connectivity index (χ1v) is 9.55. The molecule has 0 bridgehead atoms. The molecule has 5 aromatic rings. The Labute approximate surface area is 156 Å². The molecular formula is C26H16O. The number of hydrogen-bond donors (Lipinski definition) is 0. The van der Waals surface area contributed by atoms with Crippen LogP contribution < -0.4 is 0 Å². The Kier molecular flexibility index (Phi) is 2.40. The first kappa shape index (κ1) is 13.8. The molecular weight excluding hydrogens is 328 g/mol. The molecule has 0 unspecified atom stereocenters. The minimum absolute atomic E-state index is 0.994. The molecule has 0 N–H and O–H groups in total. The molecule has 4 aromatic carbocycles. The smallest absolute Gasteiger partial charge is 0.135 e. The van der Waals surface area contributed by atoms with Crippen LogP contribution in [0.25, 0.3) is 44.2 Å². The van der Waals surface area contributed by atoms with E-state index in [-0.39, 0.29) is 0 Å². The van der Waals surface area contributed by atoms with Crippen molar-refractivity contribution in [2.75, 3.05) is 0 Å². The van der Waals surface area contributed by atoms with Gasteiger partial charge in [0.2, 0.25) is 0 Å². The molecule has 2 aliphatic rings. The lowest BCUT2D eigenvalue weighted by atomic mass is 9.96. The molecule has 1 aromatic heterocycles. The average Bonchev–Trinajstić information content (AvgIpc) is 3.37. The highest BCUT2D eigenvalue weighted by atomic mass is 16.3. The Hall–Kier alpha value is -3.32. The molecule has 0 aliphatic heterocycles. The van der Waals surface area contributed by atoms with E-state index in [1.54, 1.807) is 0 Å². The zero-order chi connectivity index (χ0) is 17.5. The second-order valence-corrected chi connectivity index (χ2v) is 7.70. The van der Waals surface area contributed by atoms with Gasteiger partial charge in [0.1, 0.15) is 11.2 Å². The van der Waals surface area contributed by atoms with Crippen molar-refractivity contribution in [3.8, 4) is 22.3 Å². The Balaban J connectivity index is 1.61. The fourth-order valence-corrected chi connectivity index (χ4v) is 5.22. The van der Waals surface area contributed by atoms with Gasteiger partial charge in [-0.2, -0.15) is 0 Å². The van der Waals surface area contributed by atoms with E-state index in [9.17, 15) is 0 Å². The van der Waals surface area contributed by atoms with Crippen LogP contribution in [-0.4, -0.2) is 0 Å². The van der Waals surface area contributed by atoms with Gasteiger partial charge in [-0.05, 0) is 69.5 Å². The predicted octanol–water partition coefficient (Wildman–Crippen LogP) is 6.73. The average molecular weight is 344 g/mol. The molecule has 0 saturated carbocycles. The van der Waals surface area contributed by atoms with Crippen LogP contribution >= 0.6 is 0 Å². The van der Waals surface area contributed by atoms with E-state index in [0.29, 0.717) is 0 Å². The number of hydrogen-bond acceptors (Lipinski definition) is 1. The highest BCUT2D eigenvalue weighted by molar-refractivity contribution is 6.13. The predicted molar refractivity (Wildman–Crippen MR) is 110 cm³/mol. The van der Waals surface area contributed by atoms with E-state index in [1.807, 2.05) is 0 Å². The van der Waals surface area contributed by atoms with E-state index in [2.05, 4.69) is 72.8 Å². The van der Waals surface area contributed by atoms with Crippen molar-refractivity contribution in [1.29, 1.82) is 0 Å². The zero-order valence-electron chi connectivity index (χ0n) is 14.8. The number of rotatable bonds is 0. The maximum absolute atomic E-state index is 6.30. The summed E-state index contributed by atoms with van der Waals surface area (Å²) in [4.78, 5) is 0. The number of furan rings is 1. The summed E-state index contributed by atoms with van der Waals surface area (Å²) >= 11 is 0. The Morgan fingerprint density at radius 1 is 0.481 bits per heavy atom. The molecule has 0 fully saturated rings. The zero-order valence-corrected chi connectivity index (χ0v) is 14.8. The second kappa shape index (κ2) is 4.69. The van der Waals surface area contributed by atoms with Gasteiger partial charge in [0.15, 0.2) is 0 Å². The summed E-state index contributed by atoms with van der Waals surface area (Å²) in [6, 6.07) is 26.4. The van der Waals surface area contributed by atoms with Gasteiger partial charge < -0.3 is 4.42 Å². The minimum atomic E-state index is 0.994. The topological polar surface area (TPSA) is 13.1 Å². The van der Waals surface area contributed by atoms with Gasteiger partial charge in [-0.1, -0.05) is 60.7 Å². The molecule has 0 atom stereocenters. The molecule has 2 aliphatic carbocycles. The third-order valence-corrected chi connectivity index (χ3v) is 6.37. The summed E-state index contributed by atoms with van der Waals surface area (Å²) in [6.45, 7) is 0.